The van der Waals surface area contributed by atoms with Crippen molar-refractivity contribution in [2.45, 2.75) is 19.6 Å². The van der Waals surface area contributed by atoms with Crippen molar-refractivity contribution in [2.24, 2.45) is 0 Å². The van der Waals surface area contributed by atoms with E-state index in [4.69, 9.17) is 5.11 Å². The zero-order valence-electron chi connectivity index (χ0n) is 7.90. The predicted octanol–water partition coefficient (Wildman–Crippen LogP) is 1.79. The van der Waals surface area contributed by atoms with E-state index < -0.39 is 13.0 Å². The molecule has 0 atom stereocenters. The minimum absolute atomic E-state index is 0.261. The number of rotatable bonds is 3. The van der Waals surface area contributed by atoms with Gasteiger partial charge in [-0.2, -0.15) is 0 Å². The number of aliphatic hydroxyl groups is 1. The summed E-state index contributed by atoms with van der Waals surface area (Å²) in [4.78, 5) is 4.04. The van der Waals surface area contributed by atoms with Gasteiger partial charge in [-0.3, -0.25) is 4.98 Å². The van der Waals surface area contributed by atoms with E-state index in [2.05, 4.69) is 4.98 Å². The topological polar surface area (TPSA) is 38.1 Å². The fraction of sp³-hybridized carbons (Fsp3) is 0.300. The van der Waals surface area contributed by atoms with Gasteiger partial charge in [0.05, 0.1) is 24.2 Å². The van der Waals surface area contributed by atoms with Crippen LogP contribution in [0.1, 0.15) is 5.69 Å². The maximum Gasteiger partial charge on any atom is 0.256 e. The number of hydrogen-bond acceptors (Lipinski definition) is 2. The lowest BCUT2D eigenvalue weighted by atomic mass is 10.4. The van der Waals surface area contributed by atoms with E-state index in [1.807, 2.05) is 0 Å². The molecule has 0 spiro atoms. The van der Waals surface area contributed by atoms with Crippen molar-refractivity contribution in [1.82, 2.24) is 9.55 Å². The first-order valence-corrected chi connectivity index (χ1v) is 4.54. The molecule has 0 aromatic carbocycles. The second-order valence-corrected chi connectivity index (χ2v) is 3.20. The van der Waals surface area contributed by atoms with Crippen molar-refractivity contribution in [3.8, 4) is 0 Å². The van der Waals surface area contributed by atoms with Crippen molar-refractivity contribution in [3.63, 3.8) is 0 Å². The highest BCUT2D eigenvalue weighted by Crippen LogP contribution is 2.18. The zero-order chi connectivity index (χ0) is 10.8. The van der Waals surface area contributed by atoms with Gasteiger partial charge in [0.1, 0.15) is 0 Å². The van der Waals surface area contributed by atoms with Gasteiger partial charge in [-0.25, -0.2) is 8.78 Å². The van der Waals surface area contributed by atoms with Gasteiger partial charge in [0, 0.05) is 11.9 Å². The maximum absolute atomic E-state index is 12.3. The molecule has 0 saturated carbocycles. The van der Waals surface area contributed by atoms with Crippen molar-refractivity contribution in [3.05, 3.63) is 30.1 Å². The molecular formula is C10H10F2N2O. The average Bonchev–Trinajstić information content (AvgIpc) is 2.56. The molecule has 0 fully saturated rings. The van der Waals surface area contributed by atoms with E-state index in [9.17, 15) is 8.78 Å². The lowest BCUT2D eigenvalue weighted by Gasteiger charge is -2.07. The highest BCUT2D eigenvalue weighted by molar-refractivity contribution is 5.76. The smallest absolute Gasteiger partial charge is 0.256 e. The van der Waals surface area contributed by atoms with Crippen LogP contribution in [0, 0.1) is 0 Å². The molecule has 0 aliphatic heterocycles. The number of fused-ring (bicyclic) bond motifs is 1. The summed E-state index contributed by atoms with van der Waals surface area (Å²) in [5, 5.41) is 9.04. The molecule has 0 amide bonds. The Hall–Kier alpha value is -1.49. The molecule has 80 valence electrons. The molecule has 0 unspecified atom stereocenters. The third kappa shape index (κ3) is 1.83. The Morgan fingerprint density at radius 3 is 2.93 bits per heavy atom. The van der Waals surface area contributed by atoms with Crippen LogP contribution in [-0.2, 0) is 13.2 Å². The van der Waals surface area contributed by atoms with E-state index in [1.54, 1.807) is 24.4 Å². The van der Waals surface area contributed by atoms with Crippen LogP contribution in [0.25, 0.3) is 11.0 Å². The van der Waals surface area contributed by atoms with Gasteiger partial charge in [0.15, 0.2) is 0 Å². The maximum atomic E-state index is 12.3. The van der Waals surface area contributed by atoms with Crippen LogP contribution in [0.3, 0.4) is 0 Å². The number of alkyl halides is 2. The molecule has 2 heterocycles. The Morgan fingerprint density at radius 2 is 2.27 bits per heavy atom. The summed E-state index contributed by atoms with van der Waals surface area (Å²) in [5.74, 6) is 0. The third-order valence-corrected chi connectivity index (χ3v) is 2.24. The summed E-state index contributed by atoms with van der Waals surface area (Å²) in [6, 6.07) is 5.02. The SMILES string of the molecule is OCc1cc2ncccc2n1CC(F)F. The van der Waals surface area contributed by atoms with Gasteiger partial charge < -0.3 is 9.67 Å². The van der Waals surface area contributed by atoms with Crippen molar-refractivity contribution >= 4 is 11.0 Å². The lowest BCUT2D eigenvalue weighted by Crippen LogP contribution is -2.09. The van der Waals surface area contributed by atoms with Gasteiger partial charge in [0.2, 0.25) is 0 Å². The van der Waals surface area contributed by atoms with Crippen LogP contribution >= 0.6 is 0 Å². The van der Waals surface area contributed by atoms with Crippen molar-refractivity contribution in [2.75, 3.05) is 0 Å². The number of aromatic nitrogens is 2. The molecule has 2 aromatic rings. The Kier molecular flexibility index (Phi) is 2.64. The monoisotopic (exact) mass is 212 g/mol. The number of halogens is 2. The highest BCUT2D eigenvalue weighted by Gasteiger charge is 2.12. The standard InChI is InChI=1S/C10H10F2N2O/c11-10(12)5-14-7(6-15)4-8-9(14)2-1-3-13-8/h1-4,10,15H,5-6H2. The fourth-order valence-electron chi connectivity index (χ4n) is 1.62. The van der Waals surface area contributed by atoms with E-state index >= 15 is 0 Å². The summed E-state index contributed by atoms with van der Waals surface area (Å²) in [7, 11) is 0. The van der Waals surface area contributed by atoms with Gasteiger partial charge in [-0.15, -0.1) is 0 Å². The van der Waals surface area contributed by atoms with Crippen LogP contribution < -0.4 is 0 Å². The van der Waals surface area contributed by atoms with Gasteiger partial charge in [0.25, 0.3) is 6.43 Å². The van der Waals surface area contributed by atoms with Gasteiger partial charge >= 0.3 is 0 Å². The predicted molar refractivity (Wildman–Crippen MR) is 51.7 cm³/mol. The zero-order valence-corrected chi connectivity index (χ0v) is 7.90. The first-order valence-electron chi connectivity index (χ1n) is 4.54. The first kappa shape index (κ1) is 10.0. The fourth-order valence-corrected chi connectivity index (χ4v) is 1.62. The Morgan fingerprint density at radius 1 is 1.47 bits per heavy atom. The molecule has 1 N–H and O–H groups in total. The molecule has 2 aromatic heterocycles. The molecular weight excluding hydrogens is 202 g/mol. The normalized spacial score (nSPS) is 11.5. The summed E-state index contributed by atoms with van der Waals surface area (Å²) in [6.45, 7) is -0.672. The van der Waals surface area contributed by atoms with Crippen molar-refractivity contribution < 1.29 is 13.9 Å². The number of nitrogens with zero attached hydrogens (tertiary/aromatic N) is 2. The minimum atomic E-state index is -2.44. The molecule has 2 rings (SSSR count). The molecule has 0 radical (unpaired) electrons. The van der Waals surface area contributed by atoms with E-state index in [-0.39, 0.29) is 6.61 Å². The minimum Gasteiger partial charge on any atom is -0.390 e. The van der Waals surface area contributed by atoms with E-state index in [0.29, 0.717) is 16.7 Å². The first-order chi connectivity index (χ1) is 7.22. The summed E-state index contributed by atoms with van der Waals surface area (Å²) in [5.41, 5.74) is 1.72. The summed E-state index contributed by atoms with van der Waals surface area (Å²) < 4.78 is 26.0. The number of pyridine rings is 1. The Bertz CT molecular complexity index is 467. The number of aliphatic hydroxyl groups excluding tert-OH is 1. The third-order valence-electron chi connectivity index (χ3n) is 2.24. The summed E-state index contributed by atoms with van der Waals surface area (Å²) >= 11 is 0. The van der Waals surface area contributed by atoms with Crippen molar-refractivity contribution in [1.29, 1.82) is 0 Å². The molecule has 5 heteroatoms. The molecule has 15 heavy (non-hydrogen) atoms. The van der Waals surface area contributed by atoms with E-state index in [1.165, 1.54) is 4.57 Å². The number of hydrogen-bond donors (Lipinski definition) is 1. The quantitative estimate of drug-likeness (QED) is 0.842. The Labute approximate surface area is 85.0 Å². The van der Waals surface area contributed by atoms with Crippen LogP contribution in [-0.4, -0.2) is 21.1 Å². The summed E-state index contributed by atoms with van der Waals surface area (Å²) in [6.07, 6.45) is -0.845. The Balaban J connectivity index is 2.56. The van der Waals surface area contributed by atoms with Gasteiger partial charge in [-0.1, -0.05) is 0 Å². The van der Waals surface area contributed by atoms with Gasteiger partial charge in [-0.05, 0) is 18.2 Å². The van der Waals surface area contributed by atoms with Crippen LogP contribution in [0.5, 0.6) is 0 Å². The molecule has 0 saturated heterocycles. The lowest BCUT2D eigenvalue weighted by molar-refractivity contribution is 0.125. The van der Waals surface area contributed by atoms with Crippen LogP contribution in [0.2, 0.25) is 0 Å². The second kappa shape index (κ2) is 3.94. The van der Waals surface area contributed by atoms with Crippen LogP contribution in [0.4, 0.5) is 8.78 Å². The molecule has 0 aliphatic carbocycles. The molecule has 0 bridgehead atoms. The molecule has 3 nitrogen and oxygen atoms in total. The largest absolute Gasteiger partial charge is 0.390 e. The van der Waals surface area contributed by atoms with E-state index in [0.717, 1.165) is 0 Å². The second-order valence-electron chi connectivity index (χ2n) is 3.20. The average molecular weight is 212 g/mol. The highest BCUT2D eigenvalue weighted by atomic mass is 19.3. The molecule has 0 aliphatic rings. The van der Waals surface area contributed by atoms with Crippen LogP contribution in [0.15, 0.2) is 24.4 Å².